The second-order valence-electron chi connectivity index (χ2n) is 6.81. The van der Waals surface area contributed by atoms with Crippen molar-refractivity contribution < 1.29 is 26.9 Å². The fourth-order valence-corrected chi connectivity index (χ4v) is 3.47. The van der Waals surface area contributed by atoms with Crippen LogP contribution in [0.4, 0.5) is 30.6 Å². The smallest absolute Gasteiger partial charge is 0.421 e. The van der Waals surface area contributed by atoms with E-state index in [0.29, 0.717) is 22.4 Å². The molecule has 1 atom stereocenters. The SMILES string of the molecule is COc1ccc(C(N)=O)cc1Nc1ncc(C(F)(F)F)c(NCc2cccc(S(C)=O)c2)n1. The molecule has 1 unspecified atom stereocenters. The van der Waals surface area contributed by atoms with Gasteiger partial charge in [-0.3, -0.25) is 9.00 Å². The molecule has 0 saturated heterocycles. The third kappa shape index (κ3) is 5.98. The van der Waals surface area contributed by atoms with Crippen LogP contribution >= 0.6 is 0 Å². The third-order valence-electron chi connectivity index (χ3n) is 4.51. The average Bonchev–Trinajstić information content (AvgIpc) is 2.77. The first-order valence-corrected chi connectivity index (χ1v) is 11.0. The Hall–Kier alpha value is -3.67. The van der Waals surface area contributed by atoms with Gasteiger partial charge in [0.15, 0.2) is 0 Å². The van der Waals surface area contributed by atoms with Gasteiger partial charge in [0.1, 0.15) is 17.1 Å². The number of anilines is 3. The number of alkyl halides is 3. The van der Waals surface area contributed by atoms with Crippen molar-refractivity contribution >= 4 is 34.2 Å². The summed E-state index contributed by atoms with van der Waals surface area (Å²) in [4.78, 5) is 19.7. The van der Waals surface area contributed by atoms with E-state index in [1.807, 2.05) is 0 Å². The van der Waals surface area contributed by atoms with Gasteiger partial charge in [0.2, 0.25) is 11.9 Å². The highest BCUT2D eigenvalue weighted by Crippen LogP contribution is 2.35. The number of methoxy groups -OCH3 is 1. The number of halogens is 3. The summed E-state index contributed by atoms with van der Waals surface area (Å²) in [5.41, 5.74) is 5.27. The predicted octanol–water partition coefficient (Wildman–Crippen LogP) is 3.70. The summed E-state index contributed by atoms with van der Waals surface area (Å²) in [6.07, 6.45) is -2.53. The number of carbonyl (C=O) groups excluding carboxylic acids is 1. The zero-order valence-corrected chi connectivity index (χ0v) is 18.4. The highest BCUT2D eigenvalue weighted by molar-refractivity contribution is 7.84. The molecule has 3 aromatic rings. The Balaban J connectivity index is 1.92. The molecule has 4 N–H and O–H groups in total. The summed E-state index contributed by atoms with van der Waals surface area (Å²) in [6, 6.07) is 11.0. The van der Waals surface area contributed by atoms with Crippen LogP contribution in [0.15, 0.2) is 53.6 Å². The van der Waals surface area contributed by atoms with E-state index in [2.05, 4.69) is 20.6 Å². The highest BCUT2D eigenvalue weighted by Gasteiger charge is 2.35. The van der Waals surface area contributed by atoms with E-state index >= 15 is 0 Å². The van der Waals surface area contributed by atoms with Crippen LogP contribution in [0.3, 0.4) is 0 Å². The standard InChI is InChI=1S/C21H20F3N5O3S/c1-32-17-7-6-13(18(25)30)9-16(17)28-20-27-11-15(21(22,23)24)19(29-20)26-10-12-4-3-5-14(8-12)33(2)31/h3-9,11H,10H2,1-2H3,(H2,25,30)(H2,26,27,28,29). The van der Waals surface area contributed by atoms with Gasteiger partial charge in [0.05, 0.1) is 12.8 Å². The molecule has 2 aromatic carbocycles. The van der Waals surface area contributed by atoms with Crippen LogP contribution in [0.5, 0.6) is 5.75 Å². The number of rotatable bonds is 8. The molecule has 0 bridgehead atoms. The van der Waals surface area contributed by atoms with Crippen LogP contribution < -0.4 is 21.1 Å². The topological polar surface area (TPSA) is 119 Å². The molecule has 3 rings (SSSR count). The quantitative estimate of drug-likeness (QED) is 0.451. The van der Waals surface area contributed by atoms with Crippen LogP contribution in [-0.4, -0.2) is 33.4 Å². The van der Waals surface area contributed by atoms with Gasteiger partial charge in [0, 0.05) is 40.3 Å². The number of ether oxygens (including phenoxy) is 1. The molecule has 174 valence electrons. The minimum absolute atomic E-state index is 0.00501. The highest BCUT2D eigenvalue weighted by atomic mass is 32.2. The van der Waals surface area contributed by atoms with E-state index in [4.69, 9.17) is 10.5 Å². The van der Waals surface area contributed by atoms with Gasteiger partial charge in [0.25, 0.3) is 0 Å². The van der Waals surface area contributed by atoms with Gasteiger partial charge in [-0.15, -0.1) is 0 Å². The maximum absolute atomic E-state index is 13.5. The normalized spacial score (nSPS) is 12.2. The fraction of sp³-hybridized carbons (Fsp3) is 0.190. The van der Waals surface area contributed by atoms with E-state index in [0.717, 1.165) is 0 Å². The number of benzene rings is 2. The first kappa shape index (κ1) is 24.0. The van der Waals surface area contributed by atoms with Crippen molar-refractivity contribution in [2.75, 3.05) is 24.0 Å². The van der Waals surface area contributed by atoms with Crippen LogP contribution in [-0.2, 0) is 23.5 Å². The average molecular weight is 479 g/mol. The minimum Gasteiger partial charge on any atom is -0.495 e. The number of primary amides is 1. The molecule has 0 aliphatic rings. The first-order valence-electron chi connectivity index (χ1n) is 9.44. The summed E-state index contributed by atoms with van der Waals surface area (Å²) < 4.78 is 57.4. The van der Waals surface area contributed by atoms with E-state index in [1.165, 1.54) is 31.6 Å². The Labute approximate surface area is 189 Å². The zero-order chi connectivity index (χ0) is 24.2. The minimum atomic E-state index is -4.70. The molecule has 1 aromatic heterocycles. The number of nitrogens with two attached hydrogens (primary N) is 1. The largest absolute Gasteiger partial charge is 0.495 e. The molecular formula is C21H20F3N5O3S. The van der Waals surface area contributed by atoms with Gasteiger partial charge in [-0.05, 0) is 35.9 Å². The van der Waals surface area contributed by atoms with E-state index in [9.17, 15) is 22.2 Å². The number of hydrogen-bond acceptors (Lipinski definition) is 7. The maximum Gasteiger partial charge on any atom is 0.421 e. The molecule has 0 radical (unpaired) electrons. The monoisotopic (exact) mass is 479 g/mol. The summed E-state index contributed by atoms with van der Waals surface area (Å²) in [5.74, 6) is -0.990. The lowest BCUT2D eigenvalue weighted by Crippen LogP contribution is -2.15. The van der Waals surface area contributed by atoms with Gasteiger partial charge >= 0.3 is 6.18 Å². The van der Waals surface area contributed by atoms with Crippen molar-refractivity contribution in [2.24, 2.45) is 5.73 Å². The first-order chi connectivity index (χ1) is 15.6. The predicted molar refractivity (Wildman–Crippen MR) is 118 cm³/mol. The van der Waals surface area contributed by atoms with Crippen molar-refractivity contribution in [1.82, 2.24) is 9.97 Å². The van der Waals surface area contributed by atoms with Crippen molar-refractivity contribution in [2.45, 2.75) is 17.6 Å². The van der Waals surface area contributed by atoms with E-state index in [1.54, 1.807) is 24.3 Å². The van der Waals surface area contributed by atoms with Gasteiger partial charge < -0.3 is 21.1 Å². The number of hydrogen-bond donors (Lipinski definition) is 3. The molecular weight excluding hydrogens is 459 g/mol. The third-order valence-corrected chi connectivity index (χ3v) is 5.43. The van der Waals surface area contributed by atoms with Crippen LogP contribution in [0.2, 0.25) is 0 Å². The molecule has 0 spiro atoms. The Bertz CT molecular complexity index is 1200. The number of nitrogens with one attached hydrogen (secondary N) is 2. The number of aromatic nitrogens is 2. The number of carbonyl (C=O) groups is 1. The van der Waals surface area contributed by atoms with Gasteiger partial charge in [-0.1, -0.05) is 12.1 Å². The van der Waals surface area contributed by atoms with Crippen molar-refractivity contribution in [3.05, 3.63) is 65.4 Å². The Morgan fingerprint density at radius 2 is 1.97 bits per heavy atom. The van der Waals surface area contributed by atoms with Crippen molar-refractivity contribution in [1.29, 1.82) is 0 Å². The lowest BCUT2D eigenvalue weighted by atomic mass is 10.2. The molecule has 0 fully saturated rings. The fourth-order valence-electron chi connectivity index (χ4n) is 2.88. The van der Waals surface area contributed by atoms with Crippen LogP contribution in [0.25, 0.3) is 0 Å². The Kier molecular flexibility index (Phi) is 7.16. The molecule has 0 aliphatic carbocycles. The molecule has 12 heteroatoms. The van der Waals surface area contributed by atoms with Gasteiger partial charge in [-0.25, -0.2) is 4.98 Å². The number of amides is 1. The summed E-state index contributed by atoms with van der Waals surface area (Å²) in [7, 11) is 0.162. The number of nitrogens with zero attached hydrogens (tertiary/aromatic N) is 2. The van der Waals surface area contributed by atoms with E-state index in [-0.39, 0.29) is 23.7 Å². The Morgan fingerprint density at radius 3 is 2.61 bits per heavy atom. The molecule has 1 heterocycles. The maximum atomic E-state index is 13.5. The van der Waals surface area contributed by atoms with Crippen molar-refractivity contribution in [3.8, 4) is 5.75 Å². The summed E-state index contributed by atoms with van der Waals surface area (Å²) in [5, 5.41) is 5.43. The molecule has 1 amide bonds. The van der Waals surface area contributed by atoms with Crippen molar-refractivity contribution in [3.63, 3.8) is 0 Å². The van der Waals surface area contributed by atoms with E-state index < -0.39 is 34.3 Å². The lowest BCUT2D eigenvalue weighted by Gasteiger charge is -2.16. The second kappa shape index (κ2) is 9.86. The molecule has 33 heavy (non-hydrogen) atoms. The molecule has 8 nitrogen and oxygen atoms in total. The van der Waals surface area contributed by atoms with Crippen LogP contribution in [0.1, 0.15) is 21.5 Å². The van der Waals surface area contributed by atoms with Crippen LogP contribution in [0, 0.1) is 0 Å². The molecule has 0 aliphatic heterocycles. The summed E-state index contributed by atoms with van der Waals surface area (Å²) >= 11 is 0. The van der Waals surface area contributed by atoms with Gasteiger partial charge in [-0.2, -0.15) is 18.2 Å². The Morgan fingerprint density at radius 1 is 1.21 bits per heavy atom. The lowest BCUT2D eigenvalue weighted by molar-refractivity contribution is -0.137. The summed E-state index contributed by atoms with van der Waals surface area (Å²) in [6.45, 7) is 0.00501. The zero-order valence-electron chi connectivity index (χ0n) is 17.6. The second-order valence-corrected chi connectivity index (χ2v) is 8.19. The molecule has 0 saturated carbocycles.